The summed E-state index contributed by atoms with van der Waals surface area (Å²) in [5, 5.41) is 0.640. The van der Waals surface area contributed by atoms with Crippen LogP contribution < -0.4 is 9.21 Å². The number of hydrogen-bond donors (Lipinski definition) is 0. The van der Waals surface area contributed by atoms with Crippen LogP contribution in [0.4, 0.5) is 11.4 Å². The lowest BCUT2D eigenvalue weighted by molar-refractivity contribution is -0.142. The fraction of sp³-hybridized carbons (Fsp3) is 0.600. The third-order valence-electron chi connectivity index (χ3n) is 9.52. The molecular weight excluding hydrogens is 622 g/mol. The van der Waals surface area contributed by atoms with Gasteiger partial charge in [-0.05, 0) is 73.9 Å². The molecule has 0 N–H and O–H groups in total. The van der Waals surface area contributed by atoms with E-state index in [0.29, 0.717) is 74.8 Å². The first-order chi connectivity index (χ1) is 22.0. The van der Waals surface area contributed by atoms with E-state index in [1.54, 1.807) is 4.31 Å². The Morgan fingerprint density at radius 2 is 1.52 bits per heavy atom. The van der Waals surface area contributed by atoms with Crippen molar-refractivity contribution in [1.82, 2.24) is 14.7 Å². The number of piperazine rings is 2. The van der Waals surface area contributed by atoms with Crippen molar-refractivity contribution in [1.29, 1.82) is 0 Å². The maximum atomic E-state index is 14.1. The Morgan fingerprint density at radius 1 is 0.891 bits per heavy atom. The van der Waals surface area contributed by atoms with Crippen molar-refractivity contribution < 1.29 is 18.0 Å². The third-order valence-corrected chi connectivity index (χ3v) is 10.9. The largest absolute Gasteiger partial charge is 0.366 e. The average molecular weight is 672 g/mol. The highest BCUT2D eigenvalue weighted by atomic mass is 35.5. The van der Waals surface area contributed by atoms with E-state index < -0.39 is 15.9 Å². The maximum Gasteiger partial charge on any atom is 0.232 e. The summed E-state index contributed by atoms with van der Waals surface area (Å²) < 4.78 is 27.2. The lowest BCUT2D eigenvalue weighted by Gasteiger charge is -2.39. The molecule has 3 aliphatic rings. The number of amides is 2. The number of para-hydroxylation sites is 2. The molecule has 0 spiro atoms. The van der Waals surface area contributed by atoms with Crippen LogP contribution in [0, 0.1) is 17.8 Å². The van der Waals surface area contributed by atoms with Gasteiger partial charge in [0.2, 0.25) is 21.8 Å². The summed E-state index contributed by atoms with van der Waals surface area (Å²) in [6, 6.07) is 15.2. The summed E-state index contributed by atoms with van der Waals surface area (Å²) in [7, 11) is -3.44. The molecule has 1 aliphatic carbocycles. The number of carbonyl (C=O) groups excluding carboxylic acids is 2. The molecule has 0 radical (unpaired) electrons. The Kier molecular flexibility index (Phi) is 11.5. The van der Waals surface area contributed by atoms with Crippen molar-refractivity contribution in [2.24, 2.45) is 17.8 Å². The zero-order valence-corrected chi connectivity index (χ0v) is 29.2. The number of benzene rings is 2. The average Bonchev–Trinajstić information content (AvgIpc) is 3.87. The lowest BCUT2D eigenvalue weighted by atomic mass is 9.93. The molecule has 2 aromatic carbocycles. The summed E-state index contributed by atoms with van der Waals surface area (Å²) in [5.41, 5.74) is 2.56. The molecule has 0 bridgehead atoms. The van der Waals surface area contributed by atoms with Gasteiger partial charge in [0.1, 0.15) is 0 Å². The minimum Gasteiger partial charge on any atom is -0.366 e. The van der Waals surface area contributed by atoms with E-state index in [-0.39, 0.29) is 18.2 Å². The lowest BCUT2D eigenvalue weighted by Crippen LogP contribution is -2.52. The number of rotatable bonds is 13. The van der Waals surface area contributed by atoms with Gasteiger partial charge in [-0.2, -0.15) is 0 Å². The van der Waals surface area contributed by atoms with Gasteiger partial charge in [-0.1, -0.05) is 49.7 Å². The van der Waals surface area contributed by atoms with Crippen LogP contribution in [0.3, 0.4) is 0 Å². The topological polar surface area (TPSA) is 84.5 Å². The first-order valence-electron chi connectivity index (χ1n) is 16.8. The van der Waals surface area contributed by atoms with Crippen LogP contribution in [-0.4, -0.2) is 107 Å². The van der Waals surface area contributed by atoms with Gasteiger partial charge in [0.25, 0.3) is 0 Å². The maximum absolute atomic E-state index is 14.1. The number of nitrogens with zero attached hydrogens (tertiary/aromatic N) is 5. The second-order valence-electron chi connectivity index (χ2n) is 13.7. The van der Waals surface area contributed by atoms with Gasteiger partial charge < -0.3 is 14.7 Å². The molecule has 9 nitrogen and oxygen atoms in total. The highest BCUT2D eigenvalue weighted by Crippen LogP contribution is 2.37. The molecule has 1 atom stereocenters. The molecule has 46 heavy (non-hydrogen) atoms. The molecule has 0 aromatic heterocycles. The summed E-state index contributed by atoms with van der Waals surface area (Å²) in [4.78, 5) is 36.1. The number of halogens is 1. The van der Waals surface area contributed by atoms with Gasteiger partial charge in [0, 0.05) is 70.3 Å². The third kappa shape index (κ3) is 9.38. The fourth-order valence-corrected chi connectivity index (χ4v) is 7.59. The fourth-order valence-electron chi connectivity index (χ4n) is 6.47. The van der Waals surface area contributed by atoms with Gasteiger partial charge in [-0.15, -0.1) is 0 Å². The monoisotopic (exact) mass is 671 g/mol. The van der Waals surface area contributed by atoms with Gasteiger partial charge in [0.05, 0.1) is 23.5 Å². The molecule has 252 valence electrons. The molecule has 2 aliphatic heterocycles. The molecule has 11 heteroatoms. The van der Waals surface area contributed by atoms with E-state index in [2.05, 4.69) is 23.6 Å². The summed E-state index contributed by atoms with van der Waals surface area (Å²) in [6.45, 7) is 11.4. The van der Waals surface area contributed by atoms with Crippen molar-refractivity contribution in [3.05, 3.63) is 59.1 Å². The number of sulfonamides is 1. The predicted molar refractivity (Wildman–Crippen MR) is 186 cm³/mol. The minimum atomic E-state index is -3.44. The Hall–Kier alpha value is -2.82. The van der Waals surface area contributed by atoms with E-state index in [4.69, 9.17) is 11.6 Å². The molecule has 0 unspecified atom stereocenters. The molecule has 5 rings (SSSR count). The first kappa shape index (κ1) is 34.5. The predicted octanol–water partition coefficient (Wildman–Crippen LogP) is 4.60. The van der Waals surface area contributed by atoms with Crippen molar-refractivity contribution in [2.75, 3.05) is 80.9 Å². The summed E-state index contributed by atoms with van der Waals surface area (Å²) in [6.07, 6.45) is 5.20. The summed E-state index contributed by atoms with van der Waals surface area (Å²) >= 11 is 6.14. The van der Waals surface area contributed by atoms with E-state index in [0.717, 1.165) is 50.1 Å². The second kappa shape index (κ2) is 15.4. The van der Waals surface area contributed by atoms with Crippen molar-refractivity contribution in [2.45, 2.75) is 46.0 Å². The van der Waals surface area contributed by atoms with Crippen LogP contribution >= 0.6 is 11.6 Å². The molecule has 2 heterocycles. The van der Waals surface area contributed by atoms with Crippen LogP contribution in [0.2, 0.25) is 5.02 Å². The van der Waals surface area contributed by atoms with Gasteiger partial charge in [-0.3, -0.25) is 18.8 Å². The van der Waals surface area contributed by atoms with Crippen molar-refractivity contribution >= 4 is 44.8 Å². The number of carbonyl (C=O) groups is 2. The number of anilines is 2. The molecule has 3 fully saturated rings. The molecule has 2 aromatic rings. The van der Waals surface area contributed by atoms with E-state index in [1.807, 2.05) is 58.3 Å². The Bertz CT molecular complexity index is 1430. The summed E-state index contributed by atoms with van der Waals surface area (Å²) in [5.74, 6) is 0.640. The van der Waals surface area contributed by atoms with Crippen LogP contribution in [0.25, 0.3) is 0 Å². The van der Waals surface area contributed by atoms with E-state index in [1.165, 1.54) is 6.26 Å². The van der Waals surface area contributed by atoms with E-state index in [9.17, 15) is 18.0 Å². The smallest absolute Gasteiger partial charge is 0.232 e. The van der Waals surface area contributed by atoms with Crippen LogP contribution in [-0.2, 0) is 26.0 Å². The van der Waals surface area contributed by atoms with Crippen molar-refractivity contribution in [3.8, 4) is 0 Å². The highest BCUT2D eigenvalue weighted by molar-refractivity contribution is 7.92. The second-order valence-corrected chi connectivity index (χ2v) is 16.0. The molecule has 2 amide bonds. The first-order valence-corrected chi connectivity index (χ1v) is 19.1. The van der Waals surface area contributed by atoms with Gasteiger partial charge >= 0.3 is 0 Å². The number of hydrogen-bond acceptors (Lipinski definition) is 6. The Labute approximate surface area is 280 Å². The Morgan fingerprint density at radius 3 is 2.13 bits per heavy atom. The van der Waals surface area contributed by atoms with Crippen molar-refractivity contribution in [3.63, 3.8) is 0 Å². The Balaban J connectivity index is 1.24. The SMILES string of the molecule is CC(C)CCN1CCN(C(=O)C[C@H](Cc2ccc(Cl)cc2)C(=O)N2CCN(c3ccccc3N(CC3CC3)S(C)(=O)=O)CC2)CC1. The van der Waals surface area contributed by atoms with Crippen LogP contribution in [0.5, 0.6) is 0 Å². The molecular formula is C35H50ClN5O4S. The van der Waals surface area contributed by atoms with Crippen LogP contribution in [0.15, 0.2) is 48.5 Å². The van der Waals surface area contributed by atoms with Crippen LogP contribution in [0.1, 0.15) is 45.1 Å². The molecule has 1 saturated carbocycles. The zero-order valence-electron chi connectivity index (χ0n) is 27.6. The quantitative estimate of drug-likeness (QED) is 0.310. The van der Waals surface area contributed by atoms with Gasteiger partial charge in [-0.25, -0.2) is 8.42 Å². The molecule has 2 saturated heterocycles. The van der Waals surface area contributed by atoms with E-state index >= 15 is 0 Å². The zero-order chi connectivity index (χ0) is 32.8. The minimum absolute atomic E-state index is 0.00157. The standard InChI is InChI=1S/C35H50ClN5O4S/c1-27(2)14-15-37-16-18-39(19-17-37)34(42)25-30(24-28-10-12-31(36)13-11-28)35(43)40-22-20-38(21-23-40)32-6-4-5-7-33(32)41(46(3,44)45)26-29-8-9-29/h4-7,10-13,27,29-30H,8-9,14-26H2,1-3H3/t30-/m0/s1. The van der Waals surface area contributed by atoms with Gasteiger partial charge in [0.15, 0.2) is 0 Å². The normalized spacial score (nSPS) is 18.6. The highest BCUT2D eigenvalue weighted by Gasteiger charge is 2.34.